The Balaban J connectivity index is 1.70. The van der Waals surface area contributed by atoms with Gasteiger partial charge in [-0.05, 0) is 49.8 Å². The number of nitrogens with one attached hydrogen (secondary N) is 2. The van der Waals surface area contributed by atoms with E-state index in [4.69, 9.17) is 0 Å². The van der Waals surface area contributed by atoms with Gasteiger partial charge in [0.05, 0.1) is 6.10 Å². The van der Waals surface area contributed by atoms with Crippen LogP contribution in [0.2, 0.25) is 0 Å². The second kappa shape index (κ2) is 8.67. The van der Waals surface area contributed by atoms with Crippen molar-refractivity contribution < 1.29 is 14.7 Å². The number of amides is 2. The second-order valence-corrected chi connectivity index (χ2v) is 6.18. The lowest BCUT2D eigenvalue weighted by Gasteiger charge is -2.26. The highest BCUT2D eigenvalue weighted by molar-refractivity contribution is 5.93. The van der Waals surface area contributed by atoms with E-state index >= 15 is 0 Å². The van der Waals surface area contributed by atoms with Crippen LogP contribution < -0.4 is 10.6 Å². The largest absolute Gasteiger partial charge is 0.393 e. The first-order valence-corrected chi connectivity index (χ1v) is 8.43. The molecule has 23 heavy (non-hydrogen) atoms. The van der Waals surface area contributed by atoms with Crippen molar-refractivity contribution in [1.82, 2.24) is 5.32 Å². The normalized spacial score (nSPS) is 20.8. The van der Waals surface area contributed by atoms with E-state index in [1.165, 1.54) is 5.56 Å². The molecule has 5 nitrogen and oxygen atoms in total. The summed E-state index contributed by atoms with van der Waals surface area (Å²) in [4.78, 5) is 23.8. The lowest BCUT2D eigenvalue weighted by Crippen LogP contribution is -2.38. The van der Waals surface area contributed by atoms with Crippen LogP contribution in [0.4, 0.5) is 5.69 Å². The average molecular weight is 318 g/mol. The van der Waals surface area contributed by atoms with Gasteiger partial charge in [0.25, 0.3) is 0 Å². The molecular weight excluding hydrogens is 292 g/mol. The van der Waals surface area contributed by atoms with Crippen molar-refractivity contribution in [1.29, 1.82) is 0 Å². The molecule has 2 amide bonds. The lowest BCUT2D eigenvalue weighted by atomic mass is 9.93. The van der Waals surface area contributed by atoms with Crippen molar-refractivity contribution in [2.24, 2.45) is 0 Å². The summed E-state index contributed by atoms with van der Waals surface area (Å²) in [6.45, 7) is 2.07. The Bertz CT molecular complexity index is 537. The number of carbonyl (C=O) groups is 2. The van der Waals surface area contributed by atoms with E-state index in [1.807, 2.05) is 24.3 Å². The van der Waals surface area contributed by atoms with E-state index in [1.54, 1.807) is 0 Å². The maximum Gasteiger partial charge on any atom is 0.224 e. The van der Waals surface area contributed by atoms with Crippen LogP contribution in [0, 0.1) is 0 Å². The molecule has 0 atom stereocenters. The minimum atomic E-state index is -0.229. The number of hydrogen-bond acceptors (Lipinski definition) is 3. The predicted molar refractivity (Wildman–Crippen MR) is 90.1 cm³/mol. The van der Waals surface area contributed by atoms with Gasteiger partial charge >= 0.3 is 0 Å². The molecule has 1 aromatic rings. The Hall–Kier alpha value is -1.88. The van der Waals surface area contributed by atoms with Gasteiger partial charge in [-0.15, -0.1) is 0 Å². The molecule has 1 fully saturated rings. The van der Waals surface area contributed by atoms with Crippen LogP contribution in [0.15, 0.2) is 24.3 Å². The van der Waals surface area contributed by atoms with Gasteiger partial charge in [-0.1, -0.05) is 19.1 Å². The quantitative estimate of drug-likeness (QED) is 0.753. The van der Waals surface area contributed by atoms with Gasteiger partial charge in [0.15, 0.2) is 0 Å². The number of benzene rings is 1. The molecule has 0 radical (unpaired) electrons. The van der Waals surface area contributed by atoms with E-state index in [9.17, 15) is 14.7 Å². The van der Waals surface area contributed by atoms with Gasteiger partial charge in [-0.25, -0.2) is 0 Å². The monoisotopic (exact) mass is 318 g/mol. The number of aryl methyl sites for hydroxylation is 1. The van der Waals surface area contributed by atoms with Crippen molar-refractivity contribution in [3.05, 3.63) is 29.8 Å². The number of aliphatic hydroxyl groups is 1. The molecule has 0 aromatic heterocycles. The molecule has 3 N–H and O–H groups in total. The maximum atomic E-state index is 11.9. The molecule has 2 rings (SSSR count). The number of aliphatic hydroxyl groups excluding tert-OH is 1. The minimum absolute atomic E-state index is 0.0937. The van der Waals surface area contributed by atoms with Crippen LogP contribution in [0.5, 0.6) is 0 Å². The topological polar surface area (TPSA) is 78.4 Å². The van der Waals surface area contributed by atoms with E-state index in [0.717, 1.165) is 37.8 Å². The van der Waals surface area contributed by atoms with Gasteiger partial charge < -0.3 is 15.7 Å². The third-order valence-electron chi connectivity index (χ3n) is 4.26. The van der Waals surface area contributed by atoms with Gasteiger partial charge in [0, 0.05) is 24.6 Å². The number of rotatable bonds is 6. The molecule has 0 saturated heterocycles. The molecule has 0 bridgehead atoms. The molecular formula is C18H26N2O3. The SMILES string of the molecule is CCc1cccc(NC(=O)CCC(=O)NC2CCC(O)CC2)c1. The summed E-state index contributed by atoms with van der Waals surface area (Å²) in [6.07, 6.45) is 4.15. The smallest absolute Gasteiger partial charge is 0.224 e. The highest BCUT2D eigenvalue weighted by atomic mass is 16.3. The summed E-state index contributed by atoms with van der Waals surface area (Å²) in [5.74, 6) is -0.240. The highest BCUT2D eigenvalue weighted by Gasteiger charge is 2.20. The van der Waals surface area contributed by atoms with Crippen molar-refractivity contribution >= 4 is 17.5 Å². The molecule has 126 valence electrons. The Labute approximate surface area is 137 Å². The molecule has 0 spiro atoms. The van der Waals surface area contributed by atoms with Crippen molar-refractivity contribution in [2.75, 3.05) is 5.32 Å². The fourth-order valence-corrected chi connectivity index (χ4v) is 2.84. The molecule has 0 aliphatic heterocycles. The zero-order valence-corrected chi connectivity index (χ0v) is 13.7. The molecule has 1 aliphatic rings. The van der Waals surface area contributed by atoms with Gasteiger partial charge in [-0.2, -0.15) is 0 Å². The number of carbonyl (C=O) groups excluding carboxylic acids is 2. The van der Waals surface area contributed by atoms with Crippen molar-refractivity contribution in [3.8, 4) is 0 Å². The Morgan fingerprint density at radius 1 is 1.13 bits per heavy atom. The molecule has 0 unspecified atom stereocenters. The summed E-state index contributed by atoms with van der Waals surface area (Å²) in [7, 11) is 0. The van der Waals surface area contributed by atoms with Crippen LogP contribution in [-0.2, 0) is 16.0 Å². The summed E-state index contributed by atoms with van der Waals surface area (Å²) in [6, 6.07) is 7.87. The van der Waals surface area contributed by atoms with Crippen molar-refractivity contribution in [3.63, 3.8) is 0 Å². The lowest BCUT2D eigenvalue weighted by molar-refractivity contribution is -0.125. The zero-order chi connectivity index (χ0) is 16.7. The van der Waals surface area contributed by atoms with Crippen LogP contribution in [0.3, 0.4) is 0 Å². The fraction of sp³-hybridized carbons (Fsp3) is 0.556. The van der Waals surface area contributed by atoms with Gasteiger partial charge in [0.1, 0.15) is 0 Å². The Morgan fingerprint density at radius 2 is 1.83 bits per heavy atom. The highest BCUT2D eigenvalue weighted by Crippen LogP contribution is 2.18. The first-order valence-electron chi connectivity index (χ1n) is 8.43. The Morgan fingerprint density at radius 3 is 2.52 bits per heavy atom. The first kappa shape index (κ1) is 17.5. The summed E-state index contributed by atoms with van der Waals surface area (Å²) in [5, 5.41) is 15.2. The fourth-order valence-electron chi connectivity index (χ4n) is 2.84. The van der Waals surface area contributed by atoms with Crippen molar-refractivity contribution in [2.45, 2.75) is 64.0 Å². The third-order valence-corrected chi connectivity index (χ3v) is 4.26. The van der Waals surface area contributed by atoms with Crippen LogP contribution >= 0.6 is 0 Å². The van der Waals surface area contributed by atoms with E-state index in [0.29, 0.717) is 0 Å². The second-order valence-electron chi connectivity index (χ2n) is 6.18. The molecule has 1 aromatic carbocycles. The van der Waals surface area contributed by atoms with Gasteiger partial charge in [-0.3, -0.25) is 9.59 Å². The number of hydrogen-bond donors (Lipinski definition) is 3. The van der Waals surface area contributed by atoms with Gasteiger partial charge in [0.2, 0.25) is 11.8 Å². The molecule has 1 saturated carbocycles. The minimum Gasteiger partial charge on any atom is -0.393 e. The first-order chi connectivity index (χ1) is 11.1. The molecule has 0 heterocycles. The van der Waals surface area contributed by atoms with Crippen LogP contribution in [0.25, 0.3) is 0 Å². The molecule has 5 heteroatoms. The summed E-state index contributed by atoms with van der Waals surface area (Å²) >= 11 is 0. The predicted octanol–water partition coefficient (Wildman–Crippen LogP) is 2.39. The van der Waals surface area contributed by atoms with Crippen LogP contribution in [0.1, 0.15) is 51.0 Å². The number of anilines is 1. The van der Waals surface area contributed by atoms with Crippen LogP contribution in [-0.4, -0.2) is 29.1 Å². The maximum absolute atomic E-state index is 11.9. The summed E-state index contributed by atoms with van der Waals surface area (Å²) in [5.41, 5.74) is 1.94. The summed E-state index contributed by atoms with van der Waals surface area (Å²) < 4.78 is 0. The molecule has 1 aliphatic carbocycles. The van der Waals surface area contributed by atoms with E-state index in [-0.39, 0.29) is 36.8 Å². The Kier molecular flexibility index (Phi) is 6.59. The van der Waals surface area contributed by atoms with E-state index < -0.39 is 0 Å². The average Bonchev–Trinajstić information content (AvgIpc) is 2.55. The third kappa shape index (κ3) is 6.02. The van der Waals surface area contributed by atoms with E-state index in [2.05, 4.69) is 17.6 Å². The standard InChI is InChI=1S/C18H26N2O3/c1-2-13-4-3-5-15(12-13)20-18(23)11-10-17(22)19-14-6-8-16(21)9-7-14/h3-5,12,14,16,21H,2,6-11H2,1H3,(H,19,22)(H,20,23). The zero-order valence-electron chi connectivity index (χ0n) is 13.7.